The Morgan fingerprint density at radius 1 is 1.13 bits per heavy atom. The fourth-order valence-corrected chi connectivity index (χ4v) is 1.86. The van der Waals surface area contributed by atoms with Gasteiger partial charge in [0.05, 0.1) is 21.3 Å². The first kappa shape index (κ1) is 18.6. The van der Waals surface area contributed by atoms with Gasteiger partial charge in [-0.15, -0.1) is 0 Å². The monoisotopic (exact) mass is 321 g/mol. The van der Waals surface area contributed by atoms with E-state index in [9.17, 15) is 4.79 Å². The highest BCUT2D eigenvalue weighted by atomic mass is 16.5. The molecule has 2 N–H and O–H groups in total. The van der Waals surface area contributed by atoms with E-state index in [0.29, 0.717) is 30.2 Å². The van der Waals surface area contributed by atoms with Crippen LogP contribution in [-0.4, -0.2) is 45.5 Å². The zero-order chi connectivity index (χ0) is 17.1. The molecule has 0 aliphatic heterocycles. The molecule has 0 bridgehead atoms. The van der Waals surface area contributed by atoms with Crippen molar-refractivity contribution in [3.63, 3.8) is 0 Å². The molecular formula is C17H23NO5. The van der Waals surface area contributed by atoms with Gasteiger partial charge in [-0.2, -0.15) is 0 Å². The molecule has 0 aliphatic carbocycles. The van der Waals surface area contributed by atoms with E-state index in [-0.39, 0.29) is 12.5 Å². The third-order valence-corrected chi connectivity index (χ3v) is 2.97. The molecule has 0 saturated heterocycles. The Labute approximate surface area is 136 Å². The maximum atomic E-state index is 11.4. The van der Waals surface area contributed by atoms with E-state index >= 15 is 0 Å². The molecule has 0 saturated carbocycles. The van der Waals surface area contributed by atoms with Gasteiger partial charge in [-0.1, -0.05) is 18.2 Å². The fraction of sp³-hybridized carbons (Fsp3) is 0.353. The van der Waals surface area contributed by atoms with Gasteiger partial charge in [0.15, 0.2) is 11.5 Å². The fourth-order valence-electron chi connectivity index (χ4n) is 1.86. The standard InChI is InChI=1S/C17H23NO5/c1-21-14-11-13(12-15(22-2)17(14)23-3)7-4-5-8-16(20)18-9-6-10-19/h4-5,7-8,11-12,19H,6,9-10H2,1-3H3,(H,18,20)/b7-4+,8-5+. The van der Waals surface area contributed by atoms with Crippen LogP contribution < -0.4 is 19.5 Å². The number of benzene rings is 1. The Morgan fingerprint density at radius 2 is 1.78 bits per heavy atom. The predicted molar refractivity (Wildman–Crippen MR) is 89.0 cm³/mol. The van der Waals surface area contributed by atoms with Crippen LogP contribution in [0.4, 0.5) is 0 Å². The summed E-state index contributed by atoms with van der Waals surface area (Å²) in [6.07, 6.45) is 7.17. The Hall–Kier alpha value is -2.47. The lowest BCUT2D eigenvalue weighted by atomic mass is 10.1. The van der Waals surface area contributed by atoms with E-state index in [1.54, 1.807) is 33.5 Å². The highest BCUT2D eigenvalue weighted by molar-refractivity contribution is 5.87. The van der Waals surface area contributed by atoms with E-state index in [1.165, 1.54) is 6.08 Å². The summed E-state index contributed by atoms with van der Waals surface area (Å²) in [4.78, 5) is 11.4. The number of carbonyl (C=O) groups is 1. The molecule has 0 fully saturated rings. The highest BCUT2D eigenvalue weighted by Crippen LogP contribution is 2.38. The smallest absolute Gasteiger partial charge is 0.243 e. The van der Waals surface area contributed by atoms with Gasteiger partial charge in [0.2, 0.25) is 11.7 Å². The molecule has 1 amide bonds. The molecular weight excluding hydrogens is 298 g/mol. The van der Waals surface area contributed by atoms with Crippen molar-refractivity contribution in [2.75, 3.05) is 34.5 Å². The van der Waals surface area contributed by atoms with Crippen LogP contribution in [-0.2, 0) is 4.79 Å². The van der Waals surface area contributed by atoms with Crippen molar-refractivity contribution in [3.8, 4) is 17.2 Å². The lowest BCUT2D eigenvalue weighted by Gasteiger charge is -2.12. The number of aliphatic hydroxyl groups is 1. The van der Waals surface area contributed by atoms with Crippen LogP contribution in [0.25, 0.3) is 6.08 Å². The van der Waals surface area contributed by atoms with Gasteiger partial charge in [0, 0.05) is 19.2 Å². The van der Waals surface area contributed by atoms with Gasteiger partial charge in [0.1, 0.15) is 0 Å². The first-order chi connectivity index (χ1) is 11.2. The van der Waals surface area contributed by atoms with Gasteiger partial charge in [-0.3, -0.25) is 4.79 Å². The van der Waals surface area contributed by atoms with Crippen LogP contribution in [0.2, 0.25) is 0 Å². The summed E-state index contributed by atoms with van der Waals surface area (Å²) in [5, 5.41) is 11.3. The Morgan fingerprint density at radius 3 is 2.30 bits per heavy atom. The number of methoxy groups -OCH3 is 3. The van der Waals surface area contributed by atoms with E-state index in [2.05, 4.69) is 5.32 Å². The molecule has 0 radical (unpaired) electrons. The van der Waals surface area contributed by atoms with Gasteiger partial charge in [-0.25, -0.2) is 0 Å². The summed E-state index contributed by atoms with van der Waals surface area (Å²) in [6.45, 7) is 0.515. The van der Waals surface area contributed by atoms with Crippen molar-refractivity contribution >= 4 is 12.0 Å². The maximum Gasteiger partial charge on any atom is 0.243 e. The molecule has 1 rings (SSSR count). The number of ether oxygens (including phenoxy) is 3. The van der Waals surface area contributed by atoms with E-state index < -0.39 is 0 Å². The van der Waals surface area contributed by atoms with Gasteiger partial charge in [0.25, 0.3) is 0 Å². The largest absolute Gasteiger partial charge is 0.493 e. The van der Waals surface area contributed by atoms with E-state index in [0.717, 1.165) is 5.56 Å². The van der Waals surface area contributed by atoms with Crippen molar-refractivity contribution < 1.29 is 24.1 Å². The number of nitrogens with one attached hydrogen (secondary N) is 1. The third kappa shape index (κ3) is 6.04. The molecule has 0 unspecified atom stereocenters. The van der Waals surface area contributed by atoms with Crippen LogP contribution in [0, 0.1) is 0 Å². The van der Waals surface area contributed by atoms with Crippen molar-refractivity contribution in [3.05, 3.63) is 35.9 Å². The average molecular weight is 321 g/mol. The SMILES string of the molecule is COc1cc(/C=C/C=C/C(=O)NCCCO)cc(OC)c1OC. The Balaban J connectivity index is 2.74. The minimum absolute atomic E-state index is 0.0605. The number of carbonyl (C=O) groups excluding carboxylic acids is 1. The summed E-state index contributed by atoms with van der Waals surface area (Å²) in [5.41, 5.74) is 0.852. The maximum absolute atomic E-state index is 11.4. The minimum atomic E-state index is -0.201. The summed E-state index contributed by atoms with van der Waals surface area (Å²) < 4.78 is 15.8. The molecule has 6 heteroatoms. The summed E-state index contributed by atoms with van der Waals surface area (Å²) in [5.74, 6) is 1.47. The van der Waals surface area contributed by atoms with Crippen molar-refractivity contribution in [2.24, 2.45) is 0 Å². The summed E-state index contributed by atoms with van der Waals surface area (Å²) in [6, 6.07) is 3.63. The number of amides is 1. The van der Waals surface area contributed by atoms with Crippen molar-refractivity contribution in [1.29, 1.82) is 0 Å². The summed E-state index contributed by atoms with van der Waals surface area (Å²) >= 11 is 0. The molecule has 1 aromatic carbocycles. The topological polar surface area (TPSA) is 77.0 Å². The lowest BCUT2D eigenvalue weighted by molar-refractivity contribution is -0.116. The second-order valence-corrected chi connectivity index (χ2v) is 4.55. The van der Waals surface area contributed by atoms with E-state index in [1.807, 2.05) is 18.2 Å². The first-order valence-corrected chi connectivity index (χ1v) is 7.19. The van der Waals surface area contributed by atoms with Crippen LogP contribution in [0.1, 0.15) is 12.0 Å². The average Bonchev–Trinajstić information content (AvgIpc) is 2.57. The zero-order valence-electron chi connectivity index (χ0n) is 13.7. The van der Waals surface area contributed by atoms with Crippen LogP contribution in [0.5, 0.6) is 17.2 Å². The van der Waals surface area contributed by atoms with Gasteiger partial charge < -0.3 is 24.6 Å². The lowest BCUT2D eigenvalue weighted by Crippen LogP contribution is -2.22. The minimum Gasteiger partial charge on any atom is -0.493 e. The quantitative estimate of drug-likeness (QED) is 0.412. The number of hydrogen-bond acceptors (Lipinski definition) is 5. The van der Waals surface area contributed by atoms with E-state index in [4.69, 9.17) is 19.3 Å². The zero-order valence-corrected chi connectivity index (χ0v) is 13.7. The molecule has 0 heterocycles. The molecule has 0 spiro atoms. The molecule has 126 valence electrons. The van der Waals surface area contributed by atoms with Crippen LogP contribution >= 0.6 is 0 Å². The van der Waals surface area contributed by atoms with Crippen LogP contribution in [0.3, 0.4) is 0 Å². The molecule has 1 aromatic rings. The molecule has 6 nitrogen and oxygen atoms in total. The Kier molecular flexibility index (Phi) is 8.31. The van der Waals surface area contributed by atoms with Crippen molar-refractivity contribution in [1.82, 2.24) is 5.32 Å². The predicted octanol–water partition coefficient (Wildman–Crippen LogP) is 1.78. The number of rotatable bonds is 9. The molecule has 23 heavy (non-hydrogen) atoms. The second kappa shape index (κ2) is 10.3. The van der Waals surface area contributed by atoms with Gasteiger partial charge in [-0.05, 0) is 24.1 Å². The molecule has 0 aliphatic rings. The number of hydrogen-bond donors (Lipinski definition) is 2. The Bertz CT molecular complexity index is 541. The van der Waals surface area contributed by atoms with Crippen LogP contribution in [0.15, 0.2) is 30.4 Å². The molecule has 0 atom stereocenters. The second-order valence-electron chi connectivity index (χ2n) is 4.55. The molecule has 0 aromatic heterocycles. The van der Waals surface area contributed by atoms with Gasteiger partial charge >= 0.3 is 0 Å². The number of allylic oxidation sites excluding steroid dienone is 2. The summed E-state index contributed by atoms with van der Waals surface area (Å²) in [7, 11) is 4.66. The number of aliphatic hydroxyl groups excluding tert-OH is 1. The first-order valence-electron chi connectivity index (χ1n) is 7.19. The third-order valence-electron chi connectivity index (χ3n) is 2.97. The van der Waals surface area contributed by atoms with Crippen molar-refractivity contribution in [2.45, 2.75) is 6.42 Å². The normalized spacial score (nSPS) is 11.0. The highest BCUT2D eigenvalue weighted by Gasteiger charge is 2.11.